The quantitative estimate of drug-likeness (QED) is 0.634. The van der Waals surface area contributed by atoms with E-state index in [9.17, 15) is 0 Å². The van der Waals surface area contributed by atoms with Crippen molar-refractivity contribution < 1.29 is 9.47 Å². The lowest BCUT2D eigenvalue weighted by molar-refractivity contribution is 0.120. The first-order valence-electron chi connectivity index (χ1n) is 8.26. The van der Waals surface area contributed by atoms with Gasteiger partial charge in [0.15, 0.2) is 0 Å². The van der Waals surface area contributed by atoms with Crippen LogP contribution in [0, 0.1) is 5.92 Å². The number of nitrogens with one attached hydrogen (secondary N) is 1. The number of hydrogen-bond donors (Lipinski definition) is 1. The van der Waals surface area contributed by atoms with Crippen molar-refractivity contribution in [2.24, 2.45) is 5.92 Å². The molecule has 0 aromatic heterocycles. The normalized spacial score (nSPS) is 15.9. The Morgan fingerprint density at radius 1 is 1.19 bits per heavy atom. The minimum Gasteiger partial charge on any atom is -0.497 e. The predicted molar refractivity (Wildman–Crippen MR) is 86.9 cm³/mol. The Bertz CT molecular complexity index is 387. The summed E-state index contributed by atoms with van der Waals surface area (Å²) in [5.74, 6) is 1.58. The average molecular weight is 291 g/mol. The molecule has 2 rings (SSSR count). The van der Waals surface area contributed by atoms with Crippen molar-refractivity contribution in [3.8, 4) is 5.75 Å². The largest absolute Gasteiger partial charge is 0.497 e. The second-order valence-electron chi connectivity index (χ2n) is 6.00. The molecule has 0 aliphatic heterocycles. The maximum atomic E-state index is 5.66. The van der Waals surface area contributed by atoms with Crippen LogP contribution in [0.1, 0.15) is 38.2 Å². The second-order valence-corrected chi connectivity index (χ2v) is 6.00. The van der Waals surface area contributed by atoms with Crippen molar-refractivity contribution in [1.82, 2.24) is 5.32 Å². The van der Waals surface area contributed by atoms with E-state index in [-0.39, 0.29) is 0 Å². The van der Waals surface area contributed by atoms with Crippen molar-refractivity contribution in [1.29, 1.82) is 0 Å². The van der Waals surface area contributed by atoms with Crippen LogP contribution in [0.15, 0.2) is 24.3 Å². The molecule has 0 heterocycles. The summed E-state index contributed by atoms with van der Waals surface area (Å²) in [4.78, 5) is 0. The van der Waals surface area contributed by atoms with Crippen molar-refractivity contribution in [2.75, 3.05) is 26.9 Å². The fourth-order valence-corrected chi connectivity index (χ4v) is 2.49. The van der Waals surface area contributed by atoms with E-state index in [0.717, 1.165) is 50.8 Å². The SMILES string of the molecule is CCCOCCC(CNC1CC1)Cc1ccc(OC)cc1. The smallest absolute Gasteiger partial charge is 0.118 e. The molecular formula is C18H29NO2. The molecule has 3 nitrogen and oxygen atoms in total. The molecule has 0 amide bonds. The van der Waals surface area contributed by atoms with E-state index in [2.05, 4.69) is 24.4 Å². The molecule has 1 aliphatic rings. The van der Waals surface area contributed by atoms with Crippen molar-refractivity contribution in [3.05, 3.63) is 29.8 Å². The lowest BCUT2D eigenvalue weighted by Gasteiger charge is -2.18. The van der Waals surface area contributed by atoms with E-state index < -0.39 is 0 Å². The lowest BCUT2D eigenvalue weighted by Crippen LogP contribution is -2.27. The molecule has 1 saturated carbocycles. The van der Waals surface area contributed by atoms with Crippen molar-refractivity contribution in [3.63, 3.8) is 0 Å². The van der Waals surface area contributed by atoms with Gasteiger partial charge < -0.3 is 14.8 Å². The third-order valence-corrected chi connectivity index (χ3v) is 3.97. The average Bonchev–Trinajstić information content (AvgIpc) is 3.34. The van der Waals surface area contributed by atoms with Gasteiger partial charge in [-0.15, -0.1) is 0 Å². The Morgan fingerprint density at radius 2 is 1.95 bits per heavy atom. The molecule has 1 N–H and O–H groups in total. The topological polar surface area (TPSA) is 30.5 Å². The molecule has 0 saturated heterocycles. The first kappa shape index (κ1) is 16.3. The summed E-state index contributed by atoms with van der Waals surface area (Å²) >= 11 is 0. The van der Waals surface area contributed by atoms with Gasteiger partial charge in [0.25, 0.3) is 0 Å². The highest BCUT2D eigenvalue weighted by Gasteiger charge is 2.22. The minimum atomic E-state index is 0.649. The Morgan fingerprint density at radius 3 is 2.57 bits per heavy atom. The first-order chi connectivity index (χ1) is 10.3. The number of hydrogen-bond acceptors (Lipinski definition) is 3. The number of ether oxygens (including phenoxy) is 2. The highest BCUT2D eigenvalue weighted by Crippen LogP contribution is 2.21. The summed E-state index contributed by atoms with van der Waals surface area (Å²) in [7, 11) is 1.71. The Labute approximate surface area is 129 Å². The fourth-order valence-electron chi connectivity index (χ4n) is 2.49. The van der Waals surface area contributed by atoms with E-state index in [1.807, 2.05) is 12.1 Å². The predicted octanol–water partition coefficient (Wildman–Crippen LogP) is 3.42. The Hall–Kier alpha value is -1.06. The molecular weight excluding hydrogens is 262 g/mol. The fraction of sp³-hybridized carbons (Fsp3) is 0.667. The van der Waals surface area contributed by atoms with Gasteiger partial charge in [-0.2, -0.15) is 0 Å². The van der Waals surface area contributed by atoms with Gasteiger partial charge in [0.05, 0.1) is 7.11 Å². The summed E-state index contributed by atoms with van der Waals surface area (Å²) in [6.07, 6.45) is 6.04. The molecule has 1 unspecified atom stereocenters. The van der Waals surface area contributed by atoms with E-state index in [1.165, 1.54) is 18.4 Å². The van der Waals surface area contributed by atoms with Crippen LogP contribution in [0.5, 0.6) is 5.75 Å². The zero-order valence-corrected chi connectivity index (χ0v) is 13.4. The molecule has 0 radical (unpaired) electrons. The van der Waals surface area contributed by atoms with Crippen LogP contribution in [-0.4, -0.2) is 32.9 Å². The summed E-state index contributed by atoms with van der Waals surface area (Å²) in [5, 5.41) is 3.66. The molecule has 1 aromatic carbocycles. The number of benzene rings is 1. The monoisotopic (exact) mass is 291 g/mol. The van der Waals surface area contributed by atoms with Gasteiger partial charge in [-0.1, -0.05) is 19.1 Å². The summed E-state index contributed by atoms with van der Waals surface area (Å²) in [5.41, 5.74) is 1.38. The first-order valence-corrected chi connectivity index (χ1v) is 8.26. The maximum Gasteiger partial charge on any atom is 0.118 e. The Balaban J connectivity index is 1.79. The van der Waals surface area contributed by atoms with Crippen LogP contribution < -0.4 is 10.1 Å². The Kier molecular flexibility index (Phi) is 7.04. The standard InChI is InChI=1S/C18H29NO2/c1-3-11-21-12-10-16(14-19-17-6-7-17)13-15-4-8-18(20-2)9-5-15/h4-5,8-9,16-17,19H,3,6-7,10-14H2,1-2H3. The molecule has 1 fully saturated rings. The molecule has 3 heteroatoms. The molecule has 0 bridgehead atoms. The maximum absolute atomic E-state index is 5.66. The van der Waals surface area contributed by atoms with Crippen LogP contribution in [0.3, 0.4) is 0 Å². The number of rotatable bonds is 11. The molecule has 118 valence electrons. The zero-order chi connectivity index (χ0) is 14.9. The molecule has 1 atom stereocenters. The van der Waals surface area contributed by atoms with Crippen LogP contribution in [0.25, 0.3) is 0 Å². The molecule has 1 aromatic rings. The van der Waals surface area contributed by atoms with Gasteiger partial charge in [0.1, 0.15) is 5.75 Å². The van der Waals surface area contributed by atoms with E-state index in [0.29, 0.717) is 5.92 Å². The molecule has 21 heavy (non-hydrogen) atoms. The third kappa shape index (κ3) is 6.49. The van der Waals surface area contributed by atoms with Crippen LogP contribution in [0.2, 0.25) is 0 Å². The van der Waals surface area contributed by atoms with Gasteiger partial charge >= 0.3 is 0 Å². The molecule has 1 aliphatic carbocycles. The van der Waals surface area contributed by atoms with Gasteiger partial charge in [-0.25, -0.2) is 0 Å². The van der Waals surface area contributed by atoms with Crippen LogP contribution in [0.4, 0.5) is 0 Å². The van der Waals surface area contributed by atoms with Crippen molar-refractivity contribution in [2.45, 2.75) is 45.1 Å². The van der Waals surface area contributed by atoms with E-state index in [1.54, 1.807) is 7.11 Å². The van der Waals surface area contributed by atoms with Crippen LogP contribution >= 0.6 is 0 Å². The second kappa shape index (κ2) is 9.06. The zero-order valence-electron chi connectivity index (χ0n) is 13.4. The number of methoxy groups -OCH3 is 1. The van der Waals surface area contributed by atoms with Gasteiger partial charge in [-0.05, 0) is 62.3 Å². The minimum absolute atomic E-state index is 0.649. The van der Waals surface area contributed by atoms with Gasteiger partial charge in [0, 0.05) is 19.3 Å². The summed E-state index contributed by atoms with van der Waals surface area (Å²) < 4.78 is 10.9. The highest BCUT2D eigenvalue weighted by molar-refractivity contribution is 5.27. The van der Waals surface area contributed by atoms with E-state index in [4.69, 9.17) is 9.47 Å². The summed E-state index contributed by atoms with van der Waals surface area (Å²) in [6.45, 7) is 5.02. The molecule has 0 spiro atoms. The third-order valence-electron chi connectivity index (χ3n) is 3.97. The van der Waals surface area contributed by atoms with E-state index >= 15 is 0 Å². The van der Waals surface area contributed by atoms with Crippen LogP contribution in [-0.2, 0) is 11.2 Å². The van der Waals surface area contributed by atoms with Gasteiger partial charge in [-0.3, -0.25) is 0 Å². The lowest BCUT2D eigenvalue weighted by atomic mass is 9.96. The highest BCUT2D eigenvalue weighted by atomic mass is 16.5. The van der Waals surface area contributed by atoms with Crippen molar-refractivity contribution >= 4 is 0 Å². The van der Waals surface area contributed by atoms with Gasteiger partial charge in [0.2, 0.25) is 0 Å². The summed E-state index contributed by atoms with van der Waals surface area (Å²) in [6, 6.07) is 9.23.